The van der Waals surface area contributed by atoms with Crippen LogP contribution in [-0.4, -0.2) is 27.1 Å². The second-order valence-electron chi connectivity index (χ2n) is 3.26. The lowest BCUT2D eigenvalue weighted by Gasteiger charge is -2.13. The number of anilines is 1. The zero-order valence-corrected chi connectivity index (χ0v) is 9.19. The highest BCUT2D eigenvalue weighted by atomic mass is 16.4. The maximum Gasteiger partial charge on any atom is 0.341 e. The van der Waals surface area contributed by atoms with Gasteiger partial charge in [0.05, 0.1) is 6.04 Å². The van der Waals surface area contributed by atoms with Crippen LogP contribution in [0.3, 0.4) is 0 Å². The first-order chi connectivity index (χ1) is 7.58. The van der Waals surface area contributed by atoms with Crippen molar-refractivity contribution in [2.75, 3.05) is 5.32 Å². The van der Waals surface area contributed by atoms with Crippen molar-refractivity contribution in [2.24, 2.45) is 0 Å². The fourth-order valence-corrected chi connectivity index (χ4v) is 1.16. The first-order valence-corrected chi connectivity index (χ1v) is 4.88. The van der Waals surface area contributed by atoms with Crippen LogP contribution in [0.5, 0.6) is 0 Å². The number of carboxylic acids is 1. The summed E-state index contributed by atoms with van der Waals surface area (Å²) in [6.45, 7) is 3.60. The van der Waals surface area contributed by atoms with Crippen LogP contribution in [0.25, 0.3) is 0 Å². The second kappa shape index (κ2) is 5.12. The minimum Gasteiger partial charge on any atom is -0.477 e. The molecule has 84 valence electrons. The molecule has 0 saturated carbocycles. The van der Waals surface area contributed by atoms with Crippen LogP contribution >= 0.6 is 0 Å². The van der Waals surface area contributed by atoms with E-state index in [0.29, 0.717) is 12.2 Å². The van der Waals surface area contributed by atoms with Crippen molar-refractivity contribution >= 4 is 11.8 Å². The largest absolute Gasteiger partial charge is 0.477 e. The molecule has 0 saturated heterocycles. The van der Waals surface area contributed by atoms with Gasteiger partial charge in [0, 0.05) is 6.20 Å². The Morgan fingerprint density at radius 1 is 1.75 bits per heavy atom. The van der Waals surface area contributed by atoms with Crippen molar-refractivity contribution in [2.45, 2.75) is 26.3 Å². The fourth-order valence-electron chi connectivity index (χ4n) is 1.16. The minimum atomic E-state index is -1.07. The molecular formula is C11H13N3O2. The van der Waals surface area contributed by atoms with Gasteiger partial charge in [-0.3, -0.25) is 0 Å². The van der Waals surface area contributed by atoms with E-state index in [4.69, 9.17) is 11.5 Å². The third-order valence-corrected chi connectivity index (χ3v) is 2.06. The topological polar surface area (TPSA) is 75.1 Å². The molecule has 1 rings (SSSR count). The Labute approximate surface area is 93.9 Å². The van der Waals surface area contributed by atoms with Crippen LogP contribution in [-0.2, 0) is 0 Å². The molecule has 2 N–H and O–H groups in total. The normalized spacial score (nSPS) is 11.6. The van der Waals surface area contributed by atoms with Crippen molar-refractivity contribution in [1.82, 2.24) is 9.97 Å². The molecule has 0 bridgehead atoms. The summed E-state index contributed by atoms with van der Waals surface area (Å²) >= 11 is 0. The number of aromatic carboxylic acids is 1. The van der Waals surface area contributed by atoms with Crippen LogP contribution in [0.15, 0.2) is 6.20 Å². The summed E-state index contributed by atoms with van der Waals surface area (Å²) in [5, 5.41) is 11.8. The number of rotatable bonds is 4. The molecule has 1 aromatic heterocycles. The van der Waals surface area contributed by atoms with Gasteiger partial charge in [-0.15, -0.1) is 6.42 Å². The molecule has 5 nitrogen and oxygen atoms in total. The van der Waals surface area contributed by atoms with Gasteiger partial charge in [-0.25, -0.2) is 14.8 Å². The lowest BCUT2D eigenvalue weighted by molar-refractivity contribution is 0.0697. The number of hydrogen-bond donors (Lipinski definition) is 2. The predicted octanol–water partition coefficient (Wildman–Crippen LogP) is 1.31. The molecule has 0 amide bonds. The van der Waals surface area contributed by atoms with E-state index >= 15 is 0 Å². The second-order valence-corrected chi connectivity index (χ2v) is 3.26. The fraction of sp³-hybridized carbons (Fsp3) is 0.364. The summed E-state index contributed by atoms with van der Waals surface area (Å²) in [6, 6.07) is -0.229. The molecule has 0 radical (unpaired) electrons. The Hall–Kier alpha value is -2.09. The molecule has 1 unspecified atom stereocenters. The quantitative estimate of drug-likeness (QED) is 0.747. The Balaban J connectivity index is 3.06. The highest BCUT2D eigenvalue weighted by Gasteiger charge is 2.14. The number of nitrogens with zero attached hydrogens (tertiary/aromatic N) is 2. The van der Waals surface area contributed by atoms with Crippen LogP contribution in [0.4, 0.5) is 5.82 Å². The molecule has 5 heteroatoms. The van der Waals surface area contributed by atoms with Gasteiger partial charge >= 0.3 is 5.97 Å². The highest BCUT2D eigenvalue weighted by Crippen LogP contribution is 2.13. The van der Waals surface area contributed by atoms with E-state index in [2.05, 4.69) is 21.2 Å². The summed E-state index contributed by atoms with van der Waals surface area (Å²) in [5.74, 6) is 2.21. The van der Waals surface area contributed by atoms with E-state index in [0.717, 1.165) is 0 Å². The van der Waals surface area contributed by atoms with Crippen LogP contribution in [0.2, 0.25) is 0 Å². The van der Waals surface area contributed by atoms with E-state index in [1.54, 1.807) is 6.92 Å². The van der Waals surface area contributed by atoms with Gasteiger partial charge in [0.25, 0.3) is 0 Å². The molecule has 0 spiro atoms. The molecule has 0 fully saturated rings. The maximum atomic E-state index is 10.9. The monoisotopic (exact) mass is 219 g/mol. The van der Waals surface area contributed by atoms with Gasteiger partial charge in [-0.1, -0.05) is 12.8 Å². The average molecular weight is 219 g/mol. The molecule has 1 aromatic rings. The molecule has 0 aromatic carbocycles. The number of hydrogen-bond acceptors (Lipinski definition) is 4. The van der Waals surface area contributed by atoms with Crippen LogP contribution < -0.4 is 5.32 Å². The van der Waals surface area contributed by atoms with E-state index in [1.165, 1.54) is 6.20 Å². The van der Waals surface area contributed by atoms with Gasteiger partial charge in [-0.2, -0.15) is 0 Å². The zero-order chi connectivity index (χ0) is 12.1. The first-order valence-electron chi connectivity index (χ1n) is 4.88. The van der Waals surface area contributed by atoms with Gasteiger partial charge < -0.3 is 10.4 Å². The first kappa shape index (κ1) is 12.0. The third-order valence-electron chi connectivity index (χ3n) is 2.06. The van der Waals surface area contributed by atoms with Crippen molar-refractivity contribution in [3.63, 3.8) is 0 Å². The van der Waals surface area contributed by atoms with E-state index in [-0.39, 0.29) is 17.4 Å². The minimum absolute atomic E-state index is 0.0271. The number of nitrogens with one attached hydrogen (secondary N) is 1. The summed E-state index contributed by atoms with van der Waals surface area (Å²) in [4.78, 5) is 18.8. The van der Waals surface area contributed by atoms with E-state index in [1.807, 2.05) is 6.92 Å². The van der Waals surface area contributed by atoms with Crippen molar-refractivity contribution in [3.8, 4) is 12.3 Å². The van der Waals surface area contributed by atoms with Gasteiger partial charge in [0.15, 0.2) is 0 Å². The lowest BCUT2D eigenvalue weighted by Crippen LogP contribution is -2.19. The Bertz CT molecular complexity index is 437. The average Bonchev–Trinajstić information content (AvgIpc) is 2.25. The summed E-state index contributed by atoms with van der Waals surface area (Å²) < 4.78 is 0. The van der Waals surface area contributed by atoms with Crippen molar-refractivity contribution in [1.29, 1.82) is 0 Å². The zero-order valence-electron chi connectivity index (χ0n) is 9.19. The standard InChI is InChI=1S/C11H13N3O2/c1-4-8(5-2)14-10-9(11(15)16)6-12-7(3)13-10/h1,6,8H,5H2,2-3H3,(H,15,16)(H,12,13,14). The van der Waals surface area contributed by atoms with Gasteiger partial charge in [0.1, 0.15) is 17.2 Å². The number of aromatic nitrogens is 2. The highest BCUT2D eigenvalue weighted by molar-refractivity contribution is 5.92. The van der Waals surface area contributed by atoms with Crippen molar-refractivity contribution in [3.05, 3.63) is 17.6 Å². The van der Waals surface area contributed by atoms with Crippen LogP contribution in [0.1, 0.15) is 29.5 Å². The summed E-state index contributed by atoms with van der Waals surface area (Å²) in [6.07, 6.45) is 7.26. The van der Waals surface area contributed by atoms with E-state index in [9.17, 15) is 4.79 Å². The lowest BCUT2D eigenvalue weighted by atomic mass is 10.2. The molecular weight excluding hydrogens is 206 g/mol. The summed E-state index contributed by atoms with van der Waals surface area (Å²) in [7, 11) is 0. The summed E-state index contributed by atoms with van der Waals surface area (Å²) in [5.41, 5.74) is 0.0271. The molecule has 0 aliphatic heterocycles. The van der Waals surface area contributed by atoms with Gasteiger partial charge in [-0.05, 0) is 13.3 Å². The molecule has 1 heterocycles. The maximum absolute atomic E-state index is 10.9. The Morgan fingerprint density at radius 3 is 2.94 bits per heavy atom. The molecule has 0 aliphatic rings. The molecule has 16 heavy (non-hydrogen) atoms. The number of aryl methyl sites for hydroxylation is 1. The predicted molar refractivity (Wildman–Crippen MR) is 60.3 cm³/mol. The SMILES string of the molecule is C#CC(CC)Nc1nc(C)ncc1C(=O)O. The van der Waals surface area contributed by atoms with Crippen molar-refractivity contribution < 1.29 is 9.90 Å². The molecule has 0 aliphatic carbocycles. The van der Waals surface area contributed by atoms with Crippen LogP contribution in [0, 0.1) is 19.3 Å². The Kier molecular flexibility index (Phi) is 3.84. The molecule has 1 atom stereocenters. The number of carboxylic acid groups (broad SMARTS) is 1. The third kappa shape index (κ3) is 2.70. The Morgan fingerprint density at radius 2 is 2.44 bits per heavy atom. The number of terminal acetylenes is 1. The van der Waals surface area contributed by atoms with E-state index < -0.39 is 5.97 Å². The number of carbonyl (C=O) groups is 1. The smallest absolute Gasteiger partial charge is 0.341 e. The van der Waals surface area contributed by atoms with Gasteiger partial charge in [0.2, 0.25) is 0 Å².